The monoisotopic (exact) mass is 199 g/mol. The van der Waals surface area contributed by atoms with Gasteiger partial charge in [0.25, 0.3) is 0 Å². The van der Waals surface area contributed by atoms with Crippen molar-refractivity contribution in [2.75, 3.05) is 7.11 Å². The number of benzene rings is 1. The summed E-state index contributed by atoms with van der Waals surface area (Å²) in [4.78, 5) is 0. The molecule has 0 amide bonds. The zero-order valence-electron chi connectivity index (χ0n) is 8.47. The van der Waals surface area contributed by atoms with Gasteiger partial charge in [-0.2, -0.15) is 0 Å². The molecule has 0 saturated heterocycles. The van der Waals surface area contributed by atoms with E-state index in [-0.39, 0.29) is 17.1 Å². The molecule has 1 aromatic rings. The zero-order valence-corrected chi connectivity index (χ0v) is 8.47. The summed E-state index contributed by atoms with van der Waals surface area (Å²) in [6, 6.07) is 2.36. The lowest BCUT2D eigenvalue weighted by Crippen LogP contribution is -2.30. The summed E-state index contributed by atoms with van der Waals surface area (Å²) in [7, 11) is 1.41. The third-order valence-corrected chi connectivity index (χ3v) is 1.90. The molecule has 0 unspecified atom stereocenters. The first-order chi connectivity index (χ1) is 6.36. The van der Waals surface area contributed by atoms with Crippen LogP contribution < -0.4 is 10.5 Å². The van der Waals surface area contributed by atoms with Crippen LogP contribution >= 0.6 is 0 Å². The molecule has 0 spiro atoms. The van der Waals surface area contributed by atoms with E-state index in [0.717, 1.165) is 6.07 Å². The number of hydrogen-bond donors (Lipinski definition) is 2. The van der Waals surface area contributed by atoms with E-state index in [9.17, 15) is 4.39 Å². The number of hydrogen-bond acceptors (Lipinski definition) is 3. The fourth-order valence-corrected chi connectivity index (χ4v) is 1.35. The number of methoxy groups -OCH3 is 1. The van der Waals surface area contributed by atoms with Gasteiger partial charge in [0.05, 0.1) is 7.11 Å². The first-order valence-corrected chi connectivity index (χ1v) is 4.22. The van der Waals surface area contributed by atoms with Crippen molar-refractivity contribution in [2.45, 2.75) is 19.4 Å². The molecule has 0 aliphatic carbocycles. The maximum absolute atomic E-state index is 13.5. The van der Waals surface area contributed by atoms with E-state index in [4.69, 9.17) is 15.6 Å². The Hall–Kier alpha value is -1.29. The van der Waals surface area contributed by atoms with Crippen molar-refractivity contribution in [1.82, 2.24) is 0 Å². The Morgan fingerprint density at radius 3 is 2.43 bits per heavy atom. The fraction of sp³-hybridized carbons (Fsp3) is 0.400. The highest BCUT2D eigenvalue weighted by Gasteiger charge is 2.24. The molecule has 0 aliphatic rings. The number of nitrogens with two attached hydrogens (primary N) is 1. The van der Waals surface area contributed by atoms with E-state index >= 15 is 0 Å². The first-order valence-electron chi connectivity index (χ1n) is 4.22. The molecule has 0 aliphatic heterocycles. The molecule has 4 heteroatoms. The highest BCUT2D eigenvalue weighted by Crippen LogP contribution is 2.33. The summed E-state index contributed by atoms with van der Waals surface area (Å²) in [5, 5.41) is 9.15. The van der Waals surface area contributed by atoms with Crippen LogP contribution in [-0.2, 0) is 5.54 Å². The highest BCUT2D eigenvalue weighted by atomic mass is 19.1. The average Bonchev–Trinajstić information content (AvgIpc) is 1.99. The average molecular weight is 199 g/mol. The molecule has 3 N–H and O–H groups in total. The molecule has 0 fully saturated rings. The van der Waals surface area contributed by atoms with Crippen LogP contribution in [0.1, 0.15) is 19.4 Å². The number of halogens is 1. The lowest BCUT2D eigenvalue weighted by atomic mass is 9.94. The third-order valence-electron chi connectivity index (χ3n) is 1.90. The van der Waals surface area contributed by atoms with Crippen LogP contribution in [0.25, 0.3) is 0 Å². The quantitative estimate of drug-likeness (QED) is 0.762. The zero-order chi connectivity index (χ0) is 10.9. The van der Waals surface area contributed by atoms with E-state index in [1.807, 2.05) is 0 Å². The Morgan fingerprint density at radius 1 is 1.43 bits per heavy atom. The Kier molecular flexibility index (Phi) is 2.66. The van der Waals surface area contributed by atoms with E-state index in [2.05, 4.69) is 0 Å². The van der Waals surface area contributed by atoms with E-state index in [1.165, 1.54) is 13.2 Å². The molecule has 14 heavy (non-hydrogen) atoms. The molecule has 1 rings (SSSR count). The highest BCUT2D eigenvalue weighted by molar-refractivity contribution is 5.44. The van der Waals surface area contributed by atoms with Gasteiger partial charge in [0.15, 0.2) is 0 Å². The van der Waals surface area contributed by atoms with Gasteiger partial charge in [-0.25, -0.2) is 4.39 Å². The van der Waals surface area contributed by atoms with Crippen molar-refractivity contribution in [3.8, 4) is 11.5 Å². The maximum Gasteiger partial charge on any atom is 0.135 e. The second-order valence-electron chi connectivity index (χ2n) is 3.73. The number of aromatic hydroxyl groups is 1. The van der Waals surface area contributed by atoms with Gasteiger partial charge < -0.3 is 15.6 Å². The minimum atomic E-state index is -0.844. The topological polar surface area (TPSA) is 55.5 Å². The standard InChI is InChI=1S/C10H14FNO2/c1-10(2,12)9-7(11)4-6(13)5-8(9)14-3/h4-5,13H,12H2,1-3H3. The molecular weight excluding hydrogens is 185 g/mol. The summed E-state index contributed by atoms with van der Waals surface area (Å²) >= 11 is 0. The fourth-order valence-electron chi connectivity index (χ4n) is 1.35. The molecule has 0 aromatic heterocycles. The van der Waals surface area contributed by atoms with Crippen molar-refractivity contribution in [3.63, 3.8) is 0 Å². The van der Waals surface area contributed by atoms with E-state index in [0.29, 0.717) is 0 Å². The van der Waals surface area contributed by atoms with Crippen LogP contribution in [0.4, 0.5) is 4.39 Å². The Bertz CT molecular complexity index is 345. The predicted molar refractivity (Wildman–Crippen MR) is 51.8 cm³/mol. The Morgan fingerprint density at radius 2 is 2.00 bits per heavy atom. The second kappa shape index (κ2) is 3.46. The van der Waals surface area contributed by atoms with Gasteiger partial charge in [-0.1, -0.05) is 0 Å². The molecule has 0 atom stereocenters. The van der Waals surface area contributed by atoms with Crippen LogP contribution in [0.2, 0.25) is 0 Å². The van der Waals surface area contributed by atoms with E-state index in [1.54, 1.807) is 13.8 Å². The van der Waals surface area contributed by atoms with Gasteiger partial charge in [0.1, 0.15) is 17.3 Å². The van der Waals surface area contributed by atoms with Gasteiger partial charge in [0.2, 0.25) is 0 Å². The number of ether oxygens (including phenoxy) is 1. The van der Waals surface area contributed by atoms with Gasteiger partial charge in [0, 0.05) is 23.2 Å². The van der Waals surface area contributed by atoms with E-state index < -0.39 is 11.4 Å². The summed E-state index contributed by atoms with van der Waals surface area (Å²) in [5.74, 6) is -0.475. The van der Waals surface area contributed by atoms with Crippen LogP contribution in [-0.4, -0.2) is 12.2 Å². The minimum Gasteiger partial charge on any atom is -0.508 e. The lowest BCUT2D eigenvalue weighted by molar-refractivity contribution is 0.376. The van der Waals surface area contributed by atoms with Crippen LogP contribution in [0, 0.1) is 5.82 Å². The molecule has 0 saturated carbocycles. The smallest absolute Gasteiger partial charge is 0.135 e. The van der Waals surface area contributed by atoms with Gasteiger partial charge in [-0.05, 0) is 13.8 Å². The van der Waals surface area contributed by atoms with Crippen LogP contribution in [0.3, 0.4) is 0 Å². The molecule has 3 nitrogen and oxygen atoms in total. The van der Waals surface area contributed by atoms with Gasteiger partial charge in [-0.15, -0.1) is 0 Å². The minimum absolute atomic E-state index is 0.174. The Balaban J connectivity index is 3.40. The maximum atomic E-state index is 13.5. The summed E-state index contributed by atoms with van der Waals surface area (Å²) < 4.78 is 18.4. The largest absolute Gasteiger partial charge is 0.508 e. The SMILES string of the molecule is COc1cc(O)cc(F)c1C(C)(C)N. The Labute approximate surface area is 82.3 Å². The number of rotatable bonds is 2. The summed E-state index contributed by atoms with van der Waals surface area (Å²) in [5.41, 5.74) is 5.20. The molecule has 0 heterocycles. The van der Waals surface area contributed by atoms with Crippen molar-refractivity contribution < 1.29 is 14.2 Å². The first kappa shape index (κ1) is 10.8. The van der Waals surface area contributed by atoms with Crippen molar-refractivity contribution in [1.29, 1.82) is 0 Å². The number of phenols is 1. The predicted octanol–water partition coefficient (Wildman–Crippen LogP) is 1.73. The summed E-state index contributed by atoms with van der Waals surface area (Å²) in [6.45, 7) is 3.34. The molecule has 0 bridgehead atoms. The molecular formula is C10H14FNO2. The van der Waals surface area contributed by atoms with Gasteiger partial charge in [-0.3, -0.25) is 0 Å². The van der Waals surface area contributed by atoms with Crippen LogP contribution in [0.15, 0.2) is 12.1 Å². The lowest BCUT2D eigenvalue weighted by Gasteiger charge is -2.22. The second-order valence-corrected chi connectivity index (χ2v) is 3.73. The molecule has 0 radical (unpaired) electrons. The van der Waals surface area contributed by atoms with Crippen molar-refractivity contribution >= 4 is 0 Å². The third kappa shape index (κ3) is 1.96. The normalized spacial score (nSPS) is 11.5. The van der Waals surface area contributed by atoms with Gasteiger partial charge >= 0.3 is 0 Å². The molecule has 78 valence electrons. The molecule has 1 aromatic carbocycles. The summed E-state index contributed by atoms with van der Waals surface area (Å²) in [6.07, 6.45) is 0. The van der Waals surface area contributed by atoms with Crippen LogP contribution in [0.5, 0.6) is 11.5 Å². The van der Waals surface area contributed by atoms with Crippen molar-refractivity contribution in [3.05, 3.63) is 23.5 Å². The van der Waals surface area contributed by atoms with Crippen molar-refractivity contribution in [2.24, 2.45) is 5.73 Å². The number of phenolic OH excluding ortho intramolecular Hbond substituents is 1.